The number of carbonyl (C=O) groups is 1. The smallest absolute Gasteiger partial charge is 0.237 e. The monoisotopic (exact) mass is 246 g/mol. The fourth-order valence-corrected chi connectivity index (χ4v) is 2.39. The van der Waals surface area contributed by atoms with Crippen LogP contribution in [-0.2, 0) is 4.79 Å². The Bertz CT molecular complexity index is 338. The van der Waals surface area contributed by atoms with Crippen LogP contribution in [0, 0.1) is 0 Å². The average Bonchev–Trinajstić information content (AvgIpc) is 2.60. The van der Waals surface area contributed by atoms with E-state index in [0.29, 0.717) is 0 Å². The fourth-order valence-electron chi connectivity index (χ4n) is 1.19. The van der Waals surface area contributed by atoms with Gasteiger partial charge in [-0.3, -0.25) is 4.79 Å². The van der Waals surface area contributed by atoms with Gasteiger partial charge in [-0.1, -0.05) is 18.5 Å². The SMILES string of the molecule is CCC(NC(=O)[C@H](C)N)c1ccc(Cl)s1. The minimum atomic E-state index is -0.477. The first-order valence-electron chi connectivity index (χ1n) is 4.85. The van der Waals surface area contributed by atoms with Gasteiger partial charge in [-0.05, 0) is 25.5 Å². The molecule has 0 saturated heterocycles. The zero-order chi connectivity index (χ0) is 11.4. The molecule has 0 aliphatic rings. The first kappa shape index (κ1) is 12.5. The molecule has 1 aromatic heterocycles. The lowest BCUT2D eigenvalue weighted by atomic mass is 10.2. The summed E-state index contributed by atoms with van der Waals surface area (Å²) in [5.74, 6) is -0.133. The maximum absolute atomic E-state index is 11.4. The summed E-state index contributed by atoms with van der Waals surface area (Å²) in [6.07, 6.45) is 0.829. The van der Waals surface area contributed by atoms with E-state index in [1.54, 1.807) is 6.92 Å². The summed E-state index contributed by atoms with van der Waals surface area (Å²) >= 11 is 7.33. The minimum absolute atomic E-state index is 0.0148. The van der Waals surface area contributed by atoms with Crippen LogP contribution in [0.5, 0.6) is 0 Å². The molecule has 0 aromatic carbocycles. The Labute approximate surface area is 98.6 Å². The third kappa shape index (κ3) is 3.48. The van der Waals surface area contributed by atoms with Crippen LogP contribution in [0.15, 0.2) is 12.1 Å². The van der Waals surface area contributed by atoms with Crippen LogP contribution in [-0.4, -0.2) is 11.9 Å². The van der Waals surface area contributed by atoms with E-state index in [4.69, 9.17) is 17.3 Å². The molecule has 1 unspecified atom stereocenters. The van der Waals surface area contributed by atoms with Crippen LogP contribution in [0.25, 0.3) is 0 Å². The van der Waals surface area contributed by atoms with E-state index in [9.17, 15) is 4.79 Å². The Kier molecular flexibility index (Phi) is 4.57. The van der Waals surface area contributed by atoms with Gasteiger partial charge in [0, 0.05) is 4.88 Å². The summed E-state index contributed by atoms with van der Waals surface area (Å²) in [6, 6.07) is 3.31. The molecular formula is C10H15ClN2OS. The van der Waals surface area contributed by atoms with E-state index in [0.717, 1.165) is 15.6 Å². The second-order valence-electron chi connectivity index (χ2n) is 3.40. The molecule has 0 bridgehead atoms. The van der Waals surface area contributed by atoms with Crippen LogP contribution < -0.4 is 11.1 Å². The first-order valence-corrected chi connectivity index (χ1v) is 6.05. The van der Waals surface area contributed by atoms with Gasteiger partial charge < -0.3 is 11.1 Å². The van der Waals surface area contributed by atoms with Crippen LogP contribution in [0.1, 0.15) is 31.2 Å². The second kappa shape index (κ2) is 5.49. The van der Waals surface area contributed by atoms with Crippen molar-refractivity contribution in [1.29, 1.82) is 0 Å². The van der Waals surface area contributed by atoms with Gasteiger partial charge in [0.2, 0.25) is 5.91 Å². The summed E-state index contributed by atoms with van der Waals surface area (Å²) in [6.45, 7) is 3.68. The standard InChI is InChI=1S/C10H15ClN2OS/c1-3-7(13-10(14)6(2)12)8-4-5-9(11)15-8/h4-7H,3,12H2,1-2H3,(H,13,14)/t6-,7?/m0/s1. The lowest BCUT2D eigenvalue weighted by molar-refractivity contribution is -0.122. The second-order valence-corrected chi connectivity index (χ2v) is 5.15. The highest BCUT2D eigenvalue weighted by Gasteiger charge is 2.16. The van der Waals surface area contributed by atoms with Crippen LogP contribution in [0.4, 0.5) is 0 Å². The van der Waals surface area contributed by atoms with Gasteiger partial charge in [0.05, 0.1) is 16.4 Å². The molecule has 3 nitrogen and oxygen atoms in total. The highest BCUT2D eigenvalue weighted by molar-refractivity contribution is 7.16. The summed E-state index contributed by atoms with van der Waals surface area (Å²) in [4.78, 5) is 12.5. The molecule has 5 heteroatoms. The lowest BCUT2D eigenvalue weighted by Crippen LogP contribution is -2.39. The third-order valence-corrected chi connectivity index (χ3v) is 3.42. The number of carbonyl (C=O) groups excluding carboxylic acids is 1. The fraction of sp³-hybridized carbons (Fsp3) is 0.500. The van der Waals surface area contributed by atoms with Crippen molar-refractivity contribution in [2.75, 3.05) is 0 Å². The largest absolute Gasteiger partial charge is 0.347 e. The van der Waals surface area contributed by atoms with Crippen LogP contribution in [0.2, 0.25) is 4.34 Å². The van der Waals surface area contributed by atoms with Gasteiger partial charge in [-0.2, -0.15) is 0 Å². The number of nitrogens with one attached hydrogen (secondary N) is 1. The molecule has 0 spiro atoms. The molecule has 1 heterocycles. The number of halogens is 1. The Morgan fingerprint density at radius 3 is 2.73 bits per heavy atom. The highest BCUT2D eigenvalue weighted by atomic mass is 35.5. The van der Waals surface area contributed by atoms with Crippen LogP contribution >= 0.6 is 22.9 Å². The number of thiophene rings is 1. The molecule has 84 valence electrons. The number of amides is 1. The predicted octanol–water partition coefficient (Wildman–Crippen LogP) is 2.32. The normalized spacial score (nSPS) is 14.7. The lowest BCUT2D eigenvalue weighted by Gasteiger charge is -2.16. The van der Waals surface area contributed by atoms with Crippen molar-refractivity contribution in [3.63, 3.8) is 0 Å². The maximum Gasteiger partial charge on any atom is 0.237 e. The quantitative estimate of drug-likeness (QED) is 0.857. The molecule has 0 radical (unpaired) electrons. The van der Waals surface area contributed by atoms with Crippen molar-refractivity contribution < 1.29 is 4.79 Å². The van der Waals surface area contributed by atoms with Crippen molar-refractivity contribution in [1.82, 2.24) is 5.32 Å². The molecule has 1 aromatic rings. The summed E-state index contributed by atoms with van der Waals surface area (Å²) in [7, 11) is 0. The van der Waals surface area contributed by atoms with Gasteiger partial charge in [-0.25, -0.2) is 0 Å². The molecule has 15 heavy (non-hydrogen) atoms. The predicted molar refractivity (Wildman–Crippen MR) is 64.2 cm³/mol. The van der Waals surface area contributed by atoms with E-state index in [1.165, 1.54) is 11.3 Å². The van der Waals surface area contributed by atoms with Gasteiger partial charge in [-0.15, -0.1) is 11.3 Å². The first-order chi connectivity index (χ1) is 7.04. The Balaban J connectivity index is 2.68. The van der Waals surface area contributed by atoms with Crippen molar-refractivity contribution in [2.24, 2.45) is 5.73 Å². The molecule has 1 rings (SSSR count). The molecule has 0 aliphatic carbocycles. The third-order valence-electron chi connectivity index (χ3n) is 2.08. The Morgan fingerprint density at radius 1 is 1.67 bits per heavy atom. The Hall–Kier alpha value is -0.580. The van der Waals surface area contributed by atoms with Gasteiger partial charge in [0.25, 0.3) is 0 Å². The molecule has 3 N–H and O–H groups in total. The number of nitrogens with two attached hydrogens (primary N) is 1. The van der Waals surface area contributed by atoms with E-state index >= 15 is 0 Å². The Morgan fingerprint density at radius 2 is 2.33 bits per heavy atom. The van der Waals surface area contributed by atoms with E-state index in [-0.39, 0.29) is 11.9 Å². The topological polar surface area (TPSA) is 55.1 Å². The highest BCUT2D eigenvalue weighted by Crippen LogP contribution is 2.28. The minimum Gasteiger partial charge on any atom is -0.347 e. The van der Waals surface area contributed by atoms with Crippen molar-refractivity contribution in [2.45, 2.75) is 32.4 Å². The number of rotatable bonds is 4. The van der Waals surface area contributed by atoms with Crippen molar-refractivity contribution in [3.8, 4) is 0 Å². The molecule has 0 aliphatic heterocycles. The van der Waals surface area contributed by atoms with E-state index in [1.807, 2.05) is 19.1 Å². The van der Waals surface area contributed by atoms with E-state index < -0.39 is 6.04 Å². The molecular weight excluding hydrogens is 232 g/mol. The number of hydrogen-bond donors (Lipinski definition) is 2. The van der Waals surface area contributed by atoms with Gasteiger partial charge in [0.1, 0.15) is 0 Å². The van der Waals surface area contributed by atoms with Gasteiger partial charge in [0.15, 0.2) is 0 Å². The molecule has 0 saturated carbocycles. The summed E-state index contributed by atoms with van der Waals surface area (Å²) < 4.78 is 0.735. The van der Waals surface area contributed by atoms with Crippen molar-refractivity contribution in [3.05, 3.63) is 21.3 Å². The van der Waals surface area contributed by atoms with E-state index in [2.05, 4.69) is 5.32 Å². The summed E-state index contributed by atoms with van der Waals surface area (Å²) in [5, 5.41) is 2.88. The zero-order valence-electron chi connectivity index (χ0n) is 8.79. The molecule has 1 amide bonds. The van der Waals surface area contributed by atoms with Crippen LogP contribution in [0.3, 0.4) is 0 Å². The maximum atomic E-state index is 11.4. The average molecular weight is 247 g/mol. The molecule has 0 fully saturated rings. The summed E-state index contributed by atoms with van der Waals surface area (Å²) in [5.41, 5.74) is 5.49. The molecule has 2 atom stereocenters. The number of hydrogen-bond acceptors (Lipinski definition) is 3. The van der Waals surface area contributed by atoms with Gasteiger partial charge >= 0.3 is 0 Å². The van der Waals surface area contributed by atoms with Crippen molar-refractivity contribution >= 4 is 28.8 Å². The zero-order valence-corrected chi connectivity index (χ0v) is 10.4.